The van der Waals surface area contributed by atoms with Gasteiger partial charge in [0.1, 0.15) is 0 Å². The smallest absolute Gasteiger partial charge is 0.0361 e. The largest absolute Gasteiger partial charge is 0.378 e. The van der Waals surface area contributed by atoms with Gasteiger partial charge in [0, 0.05) is 25.8 Å². The number of nitrogens with two attached hydrogens (primary N) is 1. The Hall–Kier alpha value is -1.02. The number of hydrogen-bond donors (Lipinski definition) is 1. The second kappa shape index (κ2) is 10.7. The fourth-order valence-electron chi connectivity index (χ4n) is 2.68. The van der Waals surface area contributed by atoms with Gasteiger partial charge in [0.2, 0.25) is 0 Å². The molecule has 0 saturated carbocycles. The van der Waals surface area contributed by atoms with Gasteiger partial charge in [-0.05, 0) is 24.1 Å². The van der Waals surface area contributed by atoms with Crippen molar-refractivity contribution in [2.24, 2.45) is 5.73 Å². The van der Waals surface area contributed by atoms with Gasteiger partial charge in [-0.1, -0.05) is 70.4 Å². The lowest BCUT2D eigenvalue weighted by atomic mass is 10.00. The number of nitrogens with zero attached hydrogens (tertiary/aromatic N) is 1. The van der Waals surface area contributed by atoms with Crippen LogP contribution in [0.5, 0.6) is 0 Å². The third kappa shape index (κ3) is 7.52. The summed E-state index contributed by atoms with van der Waals surface area (Å²) in [6, 6.07) is 8.85. The van der Waals surface area contributed by atoms with Crippen LogP contribution in [0.1, 0.15) is 76.3 Å². The zero-order valence-electron chi connectivity index (χ0n) is 14.3. The lowest BCUT2D eigenvalue weighted by molar-refractivity contribution is 0.536. The molecule has 0 bridgehead atoms. The predicted molar refractivity (Wildman–Crippen MR) is 94.9 cm³/mol. The van der Waals surface area contributed by atoms with Gasteiger partial charge in [-0.3, -0.25) is 0 Å². The summed E-state index contributed by atoms with van der Waals surface area (Å²) in [5.41, 5.74) is 8.79. The number of rotatable bonds is 11. The standard InChI is InChI=1S/C19H34N2/c1-4-5-6-7-8-9-10-11-12-19(20)17-13-15-18(16-14-17)21(2)3/h13-16,19H,4-12,20H2,1-3H3. The average Bonchev–Trinajstić information content (AvgIpc) is 2.49. The van der Waals surface area contributed by atoms with Crippen LogP contribution in [0, 0.1) is 0 Å². The quantitative estimate of drug-likeness (QED) is 0.562. The Balaban J connectivity index is 2.14. The molecule has 2 N–H and O–H groups in total. The van der Waals surface area contributed by atoms with Crippen LogP contribution in [0.15, 0.2) is 24.3 Å². The summed E-state index contributed by atoms with van der Waals surface area (Å²) >= 11 is 0. The summed E-state index contributed by atoms with van der Waals surface area (Å²) in [5, 5.41) is 0. The molecule has 0 aromatic heterocycles. The Bertz CT molecular complexity index is 356. The fourth-order valence-corrected chi connectivity index (χ4v) is 2.68. The minimum atomic E-state index is 0.196. The highest BCUT2D eigenvalue weighted by atomic mass is 15.1. The minimum Gasteiger partial charge on any atom is -0.378 e. The first-order chi connectivity index (χ1) is 10.1. The van der Waals surface area contributed by atoms with Gasteiger partial charge in [-0.15, -0.1) is 0 Å². The van der Waals surface area contributed by atoms with Gasteiger partial charge in [0.15, 0.2) is 0 Å². The first-order valence-corrected chi connectivity index (χ1v) is 8.68. The van der Waals surface area contributed by atoms with Crippen molar-refractivity contribution < 1.29 is 0 Å². The predicted octanol–water partition coefficient (Wildman–Crippen LogP) is 5.28. The highest BCUT2D eigenvalue weighted by molar-refractivity contribution is 5.46. The van der Waals surface area contributed by atoms with Crippen LogP contribution in [-0.4, -0.2) is 14.1 Å². The van der Waals surface area contributed by atoms with E-state index < -0.39 is 0 Å². The molecule has 1 aromatic rings. The molecule has 0 amide bonds. The second-order valence-corrected chi connectivity index (χ2v) is 6.36. The van der Waals surface area contributed by atoms with Crippen LogP contribution >= 0.6 is 0 Å². The maximum Gasteiger partial charge on any atom is 0.0361 e. The van der Waals surface area contributed by atoms with E-state index in [2.05, 4.69) is 50.2 Å². The molecular weight excluding hydrogens is 256 g/mol. The van der Waals surface area contributed by atoms with Gasteiger partial charge in [-0.25, -0.2) is 0 Å². The third-order valence-electron chi connectivity index (χ3n) is 4.21. The van der Waals surface area contributed by atoms with Crippen molar-refractivity contribution in [3.8, 4) is 0 Å². The van der Waals surface area contributed by atoms with E-state index in [0.29, 0.717) is 0 Å². The third-order valence-corrected chi connectivity index (χ3v) is 4.21. The minimum absolute atomic E-state index is 0.196. The number of benzene rings is 1. The Labute approximate surface area is 131 Å². The molecule has 0 saturated heterocycles. The summed E-state index contributed by atoms with van der Waals surface area (Å²) < 4.78 is 0. The molecule has 2 heteroatoms. The summed E-state index contributed by atoms with van der Waals surface area (Å²) in [4.78, 5) is 2.12. The average molecular weight is 290 g/mol. The molecule has 21 heavy (non-hydrogen) atoms. The summed E-state index contributed by atoms with van der Waals surface area (Å²) in [6.45, 7) is 2.27. The number of unbranched alkanes of at least 4 members (excludes halogenated alkanes) is 7. The fraction of sp³-hybridized carbons (Fsp3) is 0.684. The molecular formula is C19H34N2. The zero-order chi connectivity index (χ0) is 15.5. The molecule has 0 spiro atoms. The summed E-state index contributed by atoms with van der Waals surface area (Å²) in [6.07, 6.45) is 12.0. The monoisotopic (exact) mass is 290 g/mol. The van der Waals surface area contributed by atoms with Crippen LogP contribution in [0.3, 0.4) is 0 Å². The molecule has 1 atom stereocenters. The van der Waals surface area contributed by atoms with Gasteiger partial charge in [0.25, 0.3) is 0 Å². The molecule has 0 fully saturated rings. The Morgan fingerprint density at radius 2 is 1.38 bits per heavy atom. The first kappa shape index (κ1) is 18.0. The Kier molecular flexibility index (Phi) is 9.16. The van der Waals surface area contributed by atoms with E-state index >= 15 is 0 Å². The van der Waals surface area contributed by atoms with Crippen molar-refractivity contribution in [3.63, 3.8) is 0 Å². The van der Waals surface area contributed by atoms with Crippen molar-refractivity contribution in [1.29, 1.82) is 0 Å². The lowest BCUT2D eigenvalue weighted by Gasteiger charge is -2.15. The van der Waals surface area contributed by atoms with Gasteiger partial charge >= 0.3 is 0 Å². The van der Waals surface area contributed by atoms with E-state index in [9.17, 15) is 0 Å². The molecule has 1 rings (SSSR count). The molecule has 1 unspecified atom stereocenters. The molecule has 0 aliphatic carbocycles. The maximum atomic E-state index is 6.29. The van der Waals surface area contributed by atoms with Crippen LogP contribution in [0.25, 0.3) is 0 Å². The van der Waals surface area contributed by atoms with E-state index in [-0.39, 0.29) is 6.04 Å². The van der Waals surface area contributed by atoms with Gasteiger partial charge in [0.05, 0.1) is 0 Å². The lowest BCUT2D eigenvalue weighted by Crippen LogP contribution is -2.12. The zero-order valence-corrected chi connectivity index (χ0v) is 14.3. The van der Waals surface area contributed by atoms with Crippen LogP contribution < -0.4 is 10.6 Å². The second-order valence-electron chi connectivity index (χ2n) is 6.36. The molecule has 2 nitrogen and oxygen atoms in total. The van der Waals surface area contributed by atoms with Crippen molar-refractivity contribution in [2.75, 3.05) is 19.0 Å². The van der Waals surface area contributed by atoms with E-state index in [0.717, 1.165) is 6.42 Å². The highest BCUT2D eigenvalue weighted by Crippen LogP contribution is 2.21. The van der Waals surface area contributed by atoms with Crippen LogP contribution in [0.4, 0.5) is 5.69 Å². The molecule has 1 aromatic carbocycles. The topological polar surface area (TPSA) is 29.3 Å². The Morgan fingerprint density at radius 3 is 1.90 bits per heavy atom. The van der Waals surface area contributed by atoms with Gasteiger partial charge in [-0.2, -0.15) is 0 Å². The SMILES string of the molecule is CCCCCCCCCCC(N)c1ccc(N(C)C)cc1. The van der Waals surface area contributed by atoms with Crippen molar-refractivity contribution >= 4 is 5.69 Å². The first-order valence-electron chi connectivity index (χ1n) is 8.68. The summed E-state index contributed by atoms with van der Waals surface area (Å²) in [7, 11) is 4.13. The summed E-state index contributed by atoms with van der Waals surface area (Å²) in [5.74, 6) is 0. The van der Waals surface area contributed by atoms with Crippen LogP contribution in [0.2, 0.25) is 0 Å². The number of anilines is 1. The highest BCUT2D eigenvalue weighted by Gasteiger charge is 2.06. The van der Waals surface area contributed by atoms with Crippen molar-refractivity contribution in [2.45, 2.75) is 70.8 Å². The van der Waals surface area contributed by atoms with E-state index in [4.69, 9.17) is 5.73 Å². The van der Waals surface area contributed by atoms with Crippen molar-refractivity contribution in [3.05, 3.63) is 29.8 Å². The molecule has 0 radical (unpaired) electrons. The Morgan fingerprint density at radius 1 is 0.857 bits per heavy atom. The van der Waals surface area contributed by atoms with Crippen LogP contribution in [-0.2, 0) is 0 Å². The van der Waals surface area contributed by atoms with Gasteiger partial charge < -0.3 is 10.6 Å². The molecule has 0 aliphatic heterocycles. The molecule has 120 valence electrons. The normalized spacial score (nSPS) is 12.4. The molecule has 0 aliphatic rings. The number of hydrogen-bond acceptors (Lipinski definition) is 2. The van der Waals surface area contributed by atoms with E-state index in [1.165, 1.54) is 62.6 Å². The molecule has 0 heterocycles. The maximum absolute atomic E-state index is 6.29. The van der Waals surface area contributed by atoms with E-state index in [1.54, 1.807) is 0 Å². The van der Waals surface area contributed by atoms with E-state index in [1.807, 2.05) is 0 Å². The van der Waals surface area contributed by atoms with Crippen molar-refractivity contribution in [1.82, 2.24) is 0 Å².